The number of aryl methyl sites for hydroxylation is 1. The van der Waals surface area contributed by atoms with Gasteiger partial charge in [0.15, 0.2) is 0 Å². The van der Waals surface area contributed by atoms with Crippen molar-refractivity contribution in [2.45, 2.75) is 24.2 Å². The molecule has 1 saturated heterocycles. The molecule has 0 bridgehead atoms. The molecule has 0 aliphatic carbocycles. The van der Waals surface area contributed by atoms with Crippen LogP contribution in [0.2, 0.25) is 0 Å². The topological polar surface area (TPSA) is 96.0 Å². The Labute approximate surface area is 181 Å². The number of rotatable bonds is 5. The highest BCUT2D eigenvalue weighted by molar-refractivity contribution is 7.89. The molecule has 0 radical (unpaired) electrons. The molecule has 2 aliphatic rings. The summed E-state index contributed by atoms with van der Waals surface area (Å²) < 4.78 is 32.7. The number of sulfonamides is 1. The molecule has 164 valence electrons. The van der Waals surface area contributed by atoms with Crippen molar-refractivity contribution >= 4 is 33.2 Å². The number of hydrogen-bond acceptors (Lipinski definition) is 5. The molecule has 0 spiro atoms. The quantitative estimate of drug-likeness (QED) is 0.763. The number of morpholine rings is 1. The van der Waals surface area contributed by atoms with Gasteiger partial charge in [-0.3, -0.25) is 9.59 Å². The first-order valence-corrected chi connectivity index (χ1v) is 11.8. The lowest BCUT2D eigenvalue weighted by Gasteiger charge is -2.27. The van der Waals surface area contributed by atoms with Gasteiger partial charge in [-0.1, -0.05) is 18.2 Å². The van der Waals surface area contributed by atoms with Crippen molar-refractivity contribution in [2.24, 2.45) is 0 Å². The second-order valence-electron chi connectivity index (χ2n) is 7.55. The maximum atomic E-state index is 13.0. The zero-order valence-corrected chi connectivity index (χ0v) is 17.9. The van der Waals surface area contributed by atoms with Crippen LogP contribution in [0.25, 0.3) is 0 Å². The summed E-state index contributed by atoms with van der Waals surface area (Å²) in [6.07, 6.45) is 1.48. The molecule has 9 heteroatoms. The number of nitrogens with zero attached hydrogens (tertiary/aromatic N) is 2. The summed E-state index contributed by atoms with van der Waals surface area (Å²) in [5, 5.41) is 2.79. The highest BCUT2D eigenvalue weighted by Crippen LogP contribution is 2.30. The van der Waals surface area contributed by atoms with Crippen LogP contribution in [0.4, 0.5) is 11.4 Å². The predicted octanol–water partition coefficient (Wildman–Crippen LogP) is 2.02. The second-order valence-corrected chi connectivity index (χ2v) is 9.49. The molecule has 0 aromatic heterocycles. The minimum atomic E-state index is -3.63. The van der Waals surface area contributed by atoms with Crippen molar-refractivity contribution in [2.75, 3.05) is 43.1 Å². The number of hydrogen-bond donors (Lipinski definition) is 1. The van der Waals surface area contributed by atoms with E-state index in [1.165, 1.54) is 15.3 Å². The number of amides is 2. The van der Waals surface area contributed by atoms with Crippen molar-refractivity contribution in [1.82, 2.24) is 4.31 Å². The summed E-state index contributed by atoms with van der Waals surface area (Å²) in [5.74, 6) is -0.455. The number of fused-ring (bicyclic) bond motifs is 1. The zero-order chi connectivity index (χ0) is 21.8. The van der Waals surface area contributed by atoms with Gasteiger partial charge in [-0.25, -0.2) is 8.42 Å². The van der Waals surface area contributed by atoms with Gasteiger partial charge in [-0.15, -0.1) is 0 Å². The van der Waals surface area contributed by atoms with Crippen LogP contribution in [0.3, 0.4) is 0 Å². The largest absolute Gasteiger partial charge is 0.379 e. The maximum absolute atomic E-state index is 13.0. The Bertz CT molecular complexity index is 1070. The molecule has 2 amide bonds. The predicted molar refractivity (Wildman–Crippen MR) is 116 cm³/mol. The van der Waals surface area contributed by atoms with E-state index in [0.29, 0.717) is 56.9 Å². The molecular weight excluding hydrogens is 418 g/mol. The number of anilines is 2. The lowest BCUT2D eigenvalue weighted by molar-refractivity contribution is -0.121. The Kier molecular flexibility index (Phi) is 6.35. The molecule has 2 heterocycles. The maximum Gasteiger partial charge on any atom is 0.244 e. The standard InChI is InChI=1S/C22H25N3O5S/c26-21(23-18-6-2-1-3-7-18)16-25-20-10-9-19(15-17(20)5-4-8-22(25)27)31(28,29)24-11-13-30-14-12-24/h1-3,6-7,9-10,15H,4-5,8,11-14,16H2,(H,23,26). The average molecular weight is 444 g/mol. The van der Waals surface area contributed by atoms with Crippen molar-refractivity contribution in [3.05, 3.63) is 54.1 Å². The van der Waals surface area contributed by atoms with Crippen LogP contribution in [0.15, 0.2) is 53.4 Å². The van der Waals surface area contributed by atoms with Crippen molar-refractivity contribution in [3.63, 3.8) is 0 Å². The van der Waals surface area contributed by atoms with E-state index in [0.717, 1.165) is 5.56 Å². The van der Waals surface area contributed by atoms with Gasteiger partial charge >= 0.3 is 0 Å². The zero-order valence-electron chi connectivity index (χ0n) is 17.1. The van der Waals surface area contributed by atoms with Gasteiger partial charge in [-0.2, -0.15) is 4.31 Å². The summed E-state index contributed by atoms with van der Waals surface area (Å²) in [4.78, 5) is 26.9. The fraction of sp³-hybridized carbons (Fsp3) is 0.364. The summed E-state index contributed by atoms with van der Waals surface area (Å²) in [5.41, 5.74) is 2.00. The third-order valence-electron chi connectivity index (χ3n) is 5.45. The smallest absolute Gasteiger partial charge is 0.244 e. The van der Waals surface area contributed by atoms with Gasteiger partial charge in [-0.05, 0) is 48.7 Å². The van der Waals surface area contributed by atoms with Gasteiger partial charge in [0.05, 0.1) is 18.1 Å². The van der Waals surface area contributed by atoms with Gasteiger partial charge in [0.25, 0.3) is 0 Å². The van der Waals surface area contributed by atoms with E-state index in [-0.39, 0.29) is 23.3 Å². The highest BCUT2D eigenvalue weighted by Gasteiger charge is 2.29. The molecule has 2 aromatic rings. The molecule has 1 fully saturated rings. The molecular formula is C22H25N3O5S. The first-order chi connectivity index (χ1) is 14.9. The minimum absolute atomic E-state index is 0.129. The number of benzene rings is 2. The van der Waals surface area contributed by atoms with E-state index in [9.17, 15) is 18.0 Å². The third kappa shape index (κ3) is 4.79. The first-order valence-electron chi connectivity index (χ1n) is 10.3. The van der Waals surface area contributed by atoms with Crippen LogP contribution < -0.4 is 10.2 Å². The van der Waals surface area contributed by atoms with E-state index >= 15 is 0 Å². The van der Waals surface area contributed by atoms with Crippen molar-refractivity contribution in [3.8, 4) is 0 Å². The van der Waals surface area contributed by atoms with E-state index in [4.69, 9.17) is 4.74 Å². The Balaban J connectivity index is 1.58. The molecule has 4 rings (SSSR count). The number of carbonyl (C=O) groups excluding carboxylic acids is 2. The van der Waals surface area contributed by atoms with E-state index in [1.807, 2.05) is 18.2 Å². The van der Waals surface area contributed by atoms with Crippen molar-refractivity contribution < 1.29 is 22.7 Å². The summed E-state index contributed by atoms with van der Waals surface area (Å²) in [6, 6.07) is 13.8. The second kappa shape index (κ2) is 9.17. The van der Waals surface area contributed by atoms with Crippen LogP contribution in [0.1, 0.15) is 18.4 Å². The summed E-state index contributed by atoms with van der Waals surface area (Å²) in [7, 11) is -3.63. The summed E-state index contributed by atoms with van der Waals surface area (Å²) in [6.45, 7) is 1.27. The number of para-hydroxylation sites is 1. The van der Waals surface area contributed by atoms with Crippen LogP contribution >= 0.6 is 0 Å². The molecule has 2 aliphatic heterocycles. The molecule has 0 unspecified atom stereocenters. The van der Waals surface area contributed by atoms with Crippen LogP contribution in [-0.2, 0) is 30.8 Å². The number of ether oxygens (including phenoxy) is 1. The summed E-state index contributed by atoms with van der Waals surface area (Å²) >= 11 is 0. The van der Waals surface area contributed by atoms with Crippen LogP contribution in [0, 0.1) is 0 Å². The lowest BCUT2D eigenvalue weighted by atomic mass is 10.1. The highest BCUT2D eigenvalue weighted by atomic mass is 32.2. The monoisotopic (exact) mass is 443 g/mol. The van der Waals surface area contributed by atoms with Gasteiger partial charge in [0.2, 0.25) is 21.8 Å². The normalized spacial score (nSPS) is 17.7. The van der Waals surface area contributed by atoms with Crippen molar-refractivity contribution in [1.29, 1.82) is 0 Å². The Morgan fingerprint density at radius 3 is 2.52 bits per heavy atom. The van der Waals surface area contributed by atoms with E-state index in [2.05, 4.69) is 5.32 Å². The lowest BCUT2D eigenvalue weighted by Crippen LogP contribution is -2.40. The Morgan fingerprint density at radius 1 is 1.03 bits per heavy atom. The molecule has 31 heavy (non-hydrogen) atoms. The molecule has 1 N–H and O–H groups in total. The van der Waals surface area contributed by atoms with Crippen LogP contribution in [-0.4, -0.2) is 57.4 Å². The van der Waals surface area contributed by atoms with E-state index < -0.39 is 10.0 Å². The molecule has 8 nitrogen and oxygen atoms in total. The average Bonchev–Trinajstić information content (AvgIpc) is 2.93. The van der Waals surface area contributed by atoms with Gasteiger partial charge < -0.3 is 15.0 Å². The molecule has 0 saturated carbocycles. The SMILES string of the molecule is O=C(CN1C(=O)CCCc2cc(S(=O)(=O)N3CCOCC3)ccc21)Nc1ccccc1. The minimum Gasteiger partial charge on any atom is -0.379 e. The van der Waals surface area contributed by atoms with Gasteiger partial charge in [0.1, 0.15) is 6.54 Å². The Hall–Kier alpha value is -2.75. The number of carbonyl (C=O) groups is 2. The Morgan fingerprint density at radius 2 is 1.77 bits per heavy atom. The van der Waals surface area contributed by atoms with E-state index in [1.54, 1.807) is 24.3 Å². The molecule has 0 atom stereocenters. The fourth-order valence-corrected chi connectivity index (χ4v) is 5.32. The fourth-order valence-electron chi connectivity index (χ4n) is 3.86. The first kappa shape index (κ1) is 21.5. The third-order valence-corrected chi connectivity index (χ3v) is 7.34. The molecule has 2 aromatic carbocycles. The van der Waals surface area contributed by atoms with Crippen LogP contribution in [0.5, 0.6) is 0 Å². The van der Waals surface area contributed by atoms with Gasteiger partial charge in [0, 0.05) is 30.9 Å². The number of nitrogens with one attached hydrogen (secondary N) is 1.